The molecule has 0 aliphatic heterocycles. The van der Waals surface area contributed by atoms with Gasteiger partial charge in [-0.05, 0) is 0 Å². The van der Waals surface area contributed by atoms with Crippen LogP contribution in [-0.2, 0) is 10.0 Å². The van der Waals surface area contributed by atoms with E-state index in [1.54, 1.807) is 4.72 Å². The lowest BCUT2D eigenvalue weighted by molar-refractivity contribution is 0.0969. The molecule has 0 saturated carbocycles. The van der Waals surface area contributed by atoms with Gasteiger partial charge in [-0.15, -0.1) is 0 Å². The molecule has 11 heteroatoms. The first-order chi connectivity index (χ1) is 9.81. The van der Waals surface area contributed by atoms with Crippen LogP contribution in [0.3, 0.4) is 0 Å². The first kappa shape index (κ1) is 17.5. The fourth-order valence-corrected chi connectivity index (χ4v) is 2.64. The van der Waals surface area contributed by atoms with Gasteiger partial charge in [0.15, 0.2) is 0 Å². The number of sulfonamides is 1. The molecule has 1 heterocycles. The van der Waals surface area contributed by atoms with E-state index in [2.05, 4.69) is 9.97 Å². The second kappa shape index (κ2) is 7.43. The van der Waals surface area contributed by atoms with Gasteiger partial charge in [-0.3, -0.25) is 4.79 Å². The van der Waals surface area contributed by atoms with Gasteiger partial charge in [0.05, 0.1) is 20.3 Å². The molecule has 1 N–H and O–H groups in total. The van der Waals surface area contributed by atoms with Crippen LogP contribution in [0.4, 0.5) is 0 Å². The minimum atomic E-state index is -4.03. The van der Waals surface area contributed by atoms with Gasteiger partial charge in [0.25, 0.3) is 0 Å². The van der Waals surface area contributed by atoms with Crippen molar-refractivity contribution in [2.75, 3.05) is 20.0 Å². The SMILES string of the molecule is COc1cc(OC)nc(C(=O)NS(=O)(=O)C/C(Cl)=C/Cl)n1. The summed E-state index contributed by atoms with van der Waals surface area (Å²) in [6.45, 7) is 0. The number of carbonyl (C=O) groups is 1. The lowest BCUT2D eigenvalue weighted by Crippen LogP contribution is -2.33. The smallest absolute Gasteiger partial charge is 0.302 e. The van der Waals surface area contributed by atoms with Crippen LogP contribution >= 0.6 is 23.2 Å². The van der Waals surface area contributed by atoms with E-state index in [9.17, 15) is 13.2 Å². The number of nitrogens with zero attached hydrogens (tertiary/aromatic N) is 2. The lowest BCUT2D eigenvalue weighted by atomic mass is 10.5. The summed E-state index contributed by atoms with van der Waals surface area (Å²) >= 11 is 10.8. The third-order valence-electron chi connectivity index (χ3n) is 2.00. The number of rotatable bonds is 6. The molecule has 116 valence electrons. The molecule has 0 spiro atoms. The van der Waals surface area contributed by atoms with Gasteiger partial charge in [-0.2, -0.15) is 9.97 Å². The van der Waals surface area contributed by atoms with E-state index in [1.807, 2.05) is 0 Å². The van der Waals surface area contributed by atoms with E-state index in [0.717, 1.165) is 5.54 Å². The third kappa shape index (κ3) is 5.37. The van der Waals surface area contributed by atoms with Crippen molar-refractivity contribution in [1.29, 1.82) is 0 Å². The molecule has 21 heavy (non-hydrogen) atoms. The summed E-state index contributed by atoms with van der Waals surface area (Å²) in [6, 6.07) is 1.33. The topological polar surface area (TPSA) is 107 Å². The highest BCUT2D eigenvalue weighted by molar-refractivity contribution is 7.90. The highest BCUT2D eigenvalue weighted by Gasteiger charge is 2.21. The predicted molar refractivity (Wildman–Crippen MR) is 76.2 cm³/mol. The van der Waals surface area contributed by atoms with Crippen LogP contribution in [0.15, 0.2) is 16.6 Å². The van der Waals surface area contributed by atoms with E-state index in [1.165, 1.54) is 20.3 Å². The summed E-state index contributed by atoms with van der Waals surface area (Å²) in [5.74, 6) is -2.04. The number of carbonyl (C=O) groups excluding carboxylic acids is 1. The quantitative estimate of drug-likeness (QED) is 0.806. The molecular weight excluding hydrogens is 345 g/mol. The van der Waals surface area contributed by atoms with Gasteiger partial charge in [0, 0.05) is 10.6 Å². The monoisotopic (exact) mass is 355 g/mol. The number of halogens is 2. The molecule has 0 saturated heterocycles. The number of amides is 1. The Kier molecular flexibility index (Phi) is 6.19. The molecule has 0 atom stereocenters. The maximum absolute atomic E-state index is 11.8. The van der Waals surface area contributed by atoms with Gasteiger partial charge in [-0.1, -0.05) is 23.2 Å². The fourth-order valence-electron chi connectivity index (χ4n) is 1.15. The van der Waals surface area contributed by atoms with Crippen LogP contribution in [0, 0.1) is 0 Å². The Labute approximate surface area is 131 Å². The van der Waals surface area contributed by atoms with Crippen molar-refractivity contribution in [3.05, 3.63) is 22.5 Å². The first-order valence-electron chi connectivity index (χ1n) is 5.28. The van der Waals surface area contributed by atoms with Gasteiger partial charge >= 0.3 is 5.91 Å². The average molecular weight is 356 g/mol. The number of ether oxygens (including phenoxy) is 2. The molecular formula is C10H11Cl2N3O5S. The van der Waals surface area contributed by atoms with Crippen molar-refractivity contribution < 1.29 is 22.7 Å². The zero-order valence-electron chi connectivity index (χ0n) is 11.0. The minimum Gasteiger partial charge on any atom is -0.481 e. The maximum atomic E-state index is 11.8. The highest BCUT2D eigenvalue weighted by atomic mass is 35.5. The van der Waals surface area contributed by atoms with Gasteiger partial charge in [0.1, 0.15) is 5.75 Å². The Morgan fingerprint density at radius 1 is 1.33 bits per heavy atom. The summed E-state index contributed by atoms with van der Waals surface area (Å²) in [7, 11) is -1.38. The molecule has 1 rings (SSSR count). The standard InChI is InChI=1S/C10H11Cl2N3O5S/c1-19-7-3-8(20-2)14-9(13-7)10(16)15-21(17,18)5-6(12)4-11/h3-4H,5H2,1-2H3,(H,15,16)/b6-4-. The maximum Gasteiger partial charge on any atom is 0.302 e. The third-order valence-corrected chi connectivity index (χ3v) is 3.96. The second-order valence-corrected chi connectivity index (χ2v) is 5.95. The largest absolute Gasteiger partial charge is 0.481 e. The van der Waals surface area contributed by atoms with Crippen LogP contribution in [0.25, 0.3) is 0 Å². The van der Waals surface area contributed by atoms with Crippen molar-refractivity contribution in [2.24, 2.45) is 0 Å². The van der Waals surface area contributed by atoms with Gasteiger partial charge in [-0.25, -0.2) is 13.1 Å². The van der Waals surface area contributed by atoms with Crippen LogP contribution < -0.4 is 14.2 Å². The fraction of sp³-hybridized carbons (Fsp3) is 0.300. The molecule has 8 nitrogen and oxygen atoms in total. The Balaban J connectivity index is 2.99. The van der Waals surface area contributed by atoms with E-state index >= 15 is 0 Å². The Bertz CT molecular complexity index is 640. The van der Waals surface area contributed by atoms with Crippen molar-refractivity contribution >= 4 is 39.1 Å². The first-order valence-corrected chi connectivity index (χ1v) is 7.74. The molecule has 0 radical (unpaired) electrons. The molecule has 0 aliphatic rings. The van der Waals surface area contributed by atoms with Crippen molar-refractivity contribution in [3.63, 3.8) is 0 Å². The van der Waals surface area contributed by atoms with Crippen LogP contribution in [0.2, 0.25) is 0 Å². The van der Waals surface area contributed by atoms with E-state index in [0.29, 0.717) is 0 Å². The van der Waals surface area contributed by atoms with E-state index < -0.39 is 27.5 Å². The number of aromatic nitrogens is 2. The van der Waals surface area contributed by atoms with Crippen molar-refractivity contribution in [3.8, 4) is 11.8 Å². The van der Waals surface area contributed by atoms with Crippen LogP contribution in [-0.4, -0.2) is 44.3 Å². The molecule has 1 amide bonds. The average Bonchev–Trinajstić information content (AvgIpc) is 2.45. The van der Waals surface area contributed by atoms with Gasteiger partial charge < -0.3 is 9.47 Å². The second-order valence-electron chi connectivity index (χ2n) is 3.52. The van der Waals surface area contributed by atoms with Crippen LogP contribution in [0.1, 0.15) is 10.6 Å². The highest BCUT2D eigenvalue weighted by Crippen LogP contribution is 2.15. The zero-order chi connectivity index (χ0) is 16.0. The Morgan fingerprint density at radius 2 is 1.86 bits per heavy atom. The van der Waals surface area contributed by atoms with Gasteiger partial charge in [0.2, 0.25) is 27.6 Å². The number of hydrogen-bond acceptors (Lipinski definition) is 7. The van der Waals surface area contributed by atoms with Crippen LogP contribution in [0.5, 0.6) is 11.8 Å². The summed E-state index contributed by atoms with van der Waals surface area (Å²) in [5, 5.41) is -0.152. The molecule has 1 aromatic heterocycles. The number of hydrogen-bond donors (Lipinski definition) is 1. The van der Waals surface area contributed by atoms with Crippen molar-refractivity contribution in [2.45, 2.75) is 0 Å². The molecule has 0 unspecified atom stereocenters. The van der Waals surface area contributed by atoms with E-state index in [4.69, 9.17) is 32.7 Å². The summed E-state index contributed by atoms with van der Waals surface area (Å²) in [6.07, 6.45) is 0. The zero-order valence-corrected chi connectivity index (χ0v) is 13.3. The minimum absolute atomic E-state index is 0.0445. The van der Waals surface area contributed by atoms with Crippen molar-refractivity contribution in [1.82, 2.24) is 14.7 Å². The van der Waals surface area contributed by atoms with E-state index in [-0.39, 0.29) is 16.8 Å². The number of methoxy groups -OCH3 is 2. The summed E-state index contributed by atoms with van der Waals surface area (Å²) < 4.78 is 34.8. The molecule has 0 aliphatic carbocycles. The molecule has 0 bridgehead atoms. The Hall–Kier alpha value is -1.58. The Morgan fingerprint density at radius 3 is 2.29 bits per heavy atom. The molecule has 0 fully saturated rings. The normalized spacial score (nSPS) is 11.9. The predicted octanol–water partition coefficient (Wildman–Crippen LogP) is 0.872. The molecule has 0 aromatic carbocycles. The molecule has 1 aromatic rings. The summed E-state index contributed by atoms with van der Waals surface area (Å²) in [4.78, 5) is 19.3. The number of nitrogens with one attached hydrogen (secondary N) is 1. The summed E-state index contributed by atoms with van der Waals surface area (Å²) in [5.41, 5.74) is 0.885. The lowest BCUT2D eigenvalue weighted by Gasteiger charge is -2.07.